The smallest absolute Gasteiger partial charge is 0.102 e. The number of nitriles is 2. The van der Waals surface area contributed by atoms with E-state index in [1.165, 1.54) is 0 Å². The van der Waals surface area contributed by atoms with E-state index in [4.69, 9.17) is 10.5 Å². The molecule has 0 aliphatic heterocycles. The van der Waals surface area contributed by atoms with Gasteiger partial charge in [-0.3, -0.25) is 0 Å². The fourth-order valence-electron chi connectivity index (χ4n) is 1.94. The Balaban J connectivity index is 2.11. The molecule has 1 N–H and O–H groups in total. The van der Waals surface area contributed by atoms with Gasteiger partial charge in [0.25, 0.3) is 0 Å². The van der Waals surface area contributed by atoms with Crippen molar-refractivity contribution < 1.29 is 0 Å². The third-order valence-corrected chi connectivity index (χ3v) is 2.89. The lowest BCUT2D eigenvalue weighted by Crippen LogP contribution is -2.17. The maximum Gasteiger partial charge on any atom is 0.102 e. The largest absolute Gasteiger partial charge is 0.380 e. The van der Waals surface area contributed by atoms with Gasteiger partial charge in [-0.2, -0.15) is 10.5 Å². The first kappa shape index (κ1) is 12.0. The van der Waals surface area contributed by atoms with E-state index in [1.54, 1.807) is 0 Å². The molecule has 0 spiro atoms. The molecule has 0 heterocycles. The third kappa shape index (κ3) is 2.59. The highest BCUT2D eigenvalue weighted by atomic mass is 14.9. The van der Waals surface area contributed by atoms with Gasteiger partial charge in [0, 0.05) is 17.8 Å². The van der Waals surface area contributed by atoms with Crippen LogP contribution in [0.5, 0.6) is 0 Å². The Kier molecular flexibility index (Phi) is 3.79. The van der Waals surface area contributed by atoms with Crippen molar-refractivity contribution in [3.05, 3.63) is 58.8 Å². The normalized spacial score (nSPS) is 14.4. The van der Waals surface area contributed by atoms with Gasteiger partial charge in [0.2, 0.25) is 0 Å². The lowest BCUT2D eigenvalue weighted by atomic mass is 9.96. The summed E-state index contributed by atoms with van der Waals surface area (Å²) >= 11 is 0. The van der Waals surface area contributed by atoms with Crippen molar-refractivity contribution in [1.29, 1.82) is 10.5 Å². The van der Waals surface area contributed by atoms with Crippen molar-refractivity contribution in [3.8, 4) is 12.1 Å². The zero-order chi connectivity index (χ0) is 12.8. The second-order valence-corrected chi connectivity index (χ2v) is 4.07. The molecule has 3 nitrogen and oxygen atoms in total. The number of rotatable bonds is 3. The number of hydrogen-bond donors (Lipinski definition) is 1. The maximum absolute atomic E-state index is 9.12. The van der Waals surface area contributed by atoms with Crippen molar-refractivity contribution in [2.24, 2.45) is 0 Å². The summed E-state index contributed by atoms with van der Waals surface area (Å²) < 4.78 is 0. The van der Waals surface area contributed by atoms with Crippen LogP contribution in [0.25, 0.3) is 0 Å². The summed E-state index contributed by atoms with van der Waals surface area (Å²) in [5, 5.41) is 21.3. The molecule has 0 saturated heterocycles. The van der Waals surface area contributed by atoms with Gasteiger partial charge in [0.1, 0.15) is 6.07 Å². The average molecular weight is 235 g/mol. The molecule has 3 heteroatoms. The quantitative estimate of drug-likeness (QED) is 0.876. The Morgan fingerprint density at radius 2 is 1.89 bits per heavy atom. The standard InChI is InChI=1S/C15H13N3/c16-9-13-7-4-8-15(14(13)10-17)18-11-12-5-2-1-3-6-12/h1-3,5-6,8,18H,4,7,11H2. The Hall–Kier alpha value is -2.52. The van der Waals surface area contributed by atoms with Gasteiger partial charge in [-0.15, -0.1) is 0 Å². The number of benzene rings is 1. The molecule has 0 unspecified atom stereocenters. The molecule has 0 amide bonds. The maximum atomic E-state index is 9.12. The monoisotopic (exact) mass is 235 g/mol. The van der Waals surface area contributed by atoms with E-state index in [0.717, 1.165) is 17.7 Å². The van der Waals surface area contributed by atoms with Crippen LogP contribution in [0.1, 0.15) is 18.4 Å². The van der Waals surface area contributed by atoms with Gasteiger partial charge in [-0.25, -0.2) is 0 Å². The summed E-state index contributed by atoms with van der Waals surface area (Å²) in [6.07, 6.45) is 3.46. The highest BCUT2D eigenvalue weighted by molar-refractivity contribution is 5.51. The molecule has 1 aromatic rings. The van der Waals surface area contributed by atoms with Gasteiger partial charge in [0.15, 0.2) is 0 Å². The summed E-state index contributed by atoms with van der Waals surface area (Å²) in [5.41, 5.74) is 3.00. The molecule has 1 aliphatic carbocycles. The second kappa shape index (κ2) is 5.70. The van der Waals surface area contributed by atoms with Crippen LogP contribution in [0.4, 0.5) is 0 Å². The fraction of sp³-hybridized carbons (Fsp3) is 0.200. The predicted octanol–water partition coefficient (Wildman–Crippen LogP) is 2.80. The molecular formula is C15H13N3. The molecule has 1 aromatic carbocycles. The van der Waals surface area contributed by atoms with Crippen molar-refractivity contribution in [1.82, 2.24) is 5.32 Å². The van der Waals surface area contributed by atoms with Crippen LogP contribution in [0.3, 0.4) is 0 Å². The SMILES string of the molecule is N#CC1=C(C#N)C(NCc2ccccc2)=CCC1. The molecular weight excluding hydrogens is 222 g/mol. The van der Waals surface area contributed by atoms with Crippen LogP contribution < -0.4 is 5.32 Å². The Labute approximate surface area is 107 Å². The van der Waals surface area contributed by atoms with Gasteiger partial charge in [-0.05, 0) is 18.4 Å². The zero-order valence-electron chi connectivity index (χ0n) is 9.98. The topological polar surface area (TPSA) is 59.6 Å². The van der Waals surface area contributed by atoms with Crippen molar-refractivity contribution in [3.63, 3.8) is 0 Å². The van der Waals surface area contributed by atoms with Gasteiger partial charge >= 0.3 is 0 Å². The van der Waals surface area contributed by atoms with Crippen molar-refractivity contribution >= 4 is 0 Å². The molecule has 1 aliphatic rings. The minimum atomic E-state index is 0.486. The van der Waals surface area contributed by atoms with Crippen molar-refractivity contribution in [2.75, 3.05) is 0 Å². The van der Waals surface area contributed by atoms with E-state index in [0.29, 0.717) is 24.1 Å². The Morgan fingerprint density at radius 3 is 2.56 bits per heavy atom. The van der Waals surface area contributed by atoms with Crippen LogP contribution in [0, 0.1) is 22.7 Å². The van der Waals surface area contributed by atoms with Gasteiger partial charge in [-0.1, -0.05) is 36.4 Å². The number of nitrogens with zero attached hydrogens (tertiary/aromatic N) is 2. The molecule has 0 aromatic heterocycles. The molecule has 0 fully saturated rings. The molecule has 0 radical (unpaired) electrons. The molecule has 0 saturated carbocycles. The van der Waals surface area contributed by atoms with E-state index in [2.05, 4.69) is 17.5 Å². The van der Waals surface area contributed by atoms with E-state index >= 15 is 0 Å². The summed E-state index contributed by atoms with van der Waals surface area (Å²) in [7, 11) is 0. The van der Waals surface area contributed by atoms with E-state index in [9.17, 15) is 0 Å². The molecule has 88 valence electrons. The van der Waals surface area contributed by atoms with Crippen molar-refractivity contribution in [2.45, 2.75) is 19.4 Å². The molecule has 2 rings (SSSR count). The fourth-order valence-corrected chi connectivity index (χ4v) is 1.94. The summed E-state index contributed by atoms with van der Waals surface area (Å²) in [6, 6.07) is 14.2. The molecule has 0 bridgehead atoms. The first-order valence-corrected chi connectivity index (χ1v) is 5.87. The van der Waals surface area contributed by atoms with Crippen LogP contribution in [-0.4, -0.2) is 0 Å². The van der Waals surface area contributed by atoms with E-state index in [-0.39, 0.29) is 0 Å². The Morgan fingerprint density at radius 1 is 1.11 bits per heavy atom. The first-order chi connectivity index (χ1) is 8.85. The van der Waals surface area contributed by atoms with Crippen LogP contribution in [-0.2, 0) is 6.54 Å². The highest BCUT2D eigenvalue weighted by Crippen LogP contribution is 2.22. The molecule has 0 atom stereocenters. The first-order valence-electron chi connectivity index (χ1n) is 5.87. The second-order valence-electron chi connectivity index (χ2n) is 4.07. The minimum Gasteiger partial charge on any atom is -0.380 e. The van der Waals surface area contributed by atoms with E-state index in [1.807, 2.05) is 36.4 Å². The zero-order valence-corrected chi connectivity index (χ0v) is 9.98. The average Bonchev–Trinajstić information content (AvgIpc) is 2.45. The molecule has 18 heavy (non-hydrogen) atoms. The number of allylic oxidation sites excluding steroid dienone is 3. The van der Waals surface area contributed by atoms with Crippen LogP contribution in [0.2, 0.25) is 0 Å². The number of hydrogen-bond acceptors (Lipinski definition) is 3. The Bertz CT molecular complexity index is 568. The highest BCUT2D eigenvalue weighted by Gasteiger charge is 2.15. The lowest BCUT2D eigenvalue weighted by molar-refractivity contribution is 0.796. The van der Waals surface area contributed by atoms with E-state index < -0.39 is 0 Å². The lowest BCUT2D eigenvalue weighted by Gasteiger charge is -2.15. The predicted molar refractivity (Wildman–Crippen MR) is 68.9 cm³/mol. The van der Waals surface area contributed by atoms with Gasteiger partial charge in [0.05, 0.1) is 11.6 Å². The third-order valence-electron chi connectivity index (χ3n) is 2.89. The van der Waals surface area contributed by atoms with Crippen LogP contribution >= 0.6 is 0 Å². The van der Waals surface area contributed by atoms with Gasteiger partial charge < -0.3 is 5.32 Å². The minimum absolute atomic E-state index is 0.486. The van der Waals surface area contributed by atoms with Crippen LogP contribution in [0.15, 0.2) is 53.3 Å². The number of nitrogens with one attached hydrogen (secondary N) is 1. The summed E-state index contributed by atoms with van der Waals surface area (Å²) in [4.78, 5) is 0. The summed E-state index contributed by atoms with van der Waals surface area (Å²) in [6.45, 7) is 0.663. The summed E-state index contributed by atoms with van der Waals surface area (Å²) in [5.74, 6) is 0.